The fourth-order valence-corrected chi connectivity index (χ4v) is 4.27. The van der Waals surface area contributed by atoms with Gasteiger partial charge in [-0.3, -0.25) is 10.2 Å². The lowest BCUT2D eigenvalue weighted by Gasteiger charge is -2.17. The van der Waals surface area contributed by atoms with Crippen LogP contribution in [0.5, 0.6) is 0 Å². The molecular formula is C20H19ClN4OS. The maximum Gasteiger partial charge on any atom is 0.232 e. The summed E-state index contributed by atoms with van der Waals surface area (Å²) >= 11 is 7.53. The predicted octanol–water partition coefficient (Wildman–Crippen LogP) is 3.79. The van der Waals surface area contributed by atoms with Crippen molar-refractivity contribution in [2.45, 2.75) is 12.5 Å². The van der Waals surface area contributed by atoms with Crippen LogP contribution in [0.3, 0.4) is 0 Å². The number of nitrogens with one attached hydrogen (secondary N) is 3. The van der Waals surface area contributed by atoms with Gasteiger partial charge in [0.1, 0.15) is 0 Å². The van der Waals surface area contributed by atoms with E-state index in [0.717, 1.165) is 27.4 Å². The lowest BCUT2D eigenvalue weighted by molar-refractivity contribution is -0.119. The zero-order chi connectivity index (χ0) is 18.6. The topological polar surface area (TPSA) is 66.0 Å². The normalized spacial score (nSPS) is 19.1. The summed E-state index contributed by atoms with van der Waals surface area (Å²) in [5, 5.41) is 4.31. The van der Waals surface area contributed by atoms with Crippen molar-refractivity contribution in [3.05, 3.63) is 81.8 Å². The minimum absolute atomic E-state index is 0.0370. The molecule has 0 aliphatic carbocycles. The molecule has 0 saturated carbocycles. The van der Waals surface area contributed by atoms with E-state index >= 15 is 0 Å². The first-order valence-electron chi connectivity index (χ1n) is 8.72. The third kappa shape index (κ3) is 4.36. The molecule has 1 aliphatic heterocycles. The fourth-order valence-electron chi connectivity index (χ4n) is 3.21. The van der Waals surface area contributed by atoms with Crippen LogP contribution in [0.2, 0.25) is 5.02 Å². The van der Waals surface area contributed by atoms with Crippen LogP contribution in [0.25, 0.3) is 0 Å². The third-order valence-electron chi connectivity index (χ3n) is 4.53. The van der Waals surface area contributed by atoms with Crippen LogP contribution in [0, 0.1) is 5.92 Å². The van der Waals surface area contributed by atoms with Crippen molar-refractivity contribution < 1.29 is 4.79 Å². The molecule has 27 heavy (non-hydrogen) atoms. The Kier molecular flexibility index (Phi) is 5.50. The Labute approximate surface area is 166 Å². The second-order valence-corrected chi connectivity index (χ2v) is 8.00. The monoisotopic (exact) mass is 398 g/mol. The molecule has 0 spiro atoms. The molecule has 2 atom stereocenters. The second kappa shape index (κ2) is 8.19. The maximum absolute atomic E-state index is 12.8. The number of aromatic nitrogens is 1. The van der Waals surface area contributed by atoms with Crippen molar-refractivity contribution in [1.29, 1.82) is 0 Å². The Balaban J connectivity index is 1.42. The van der Waals surface area contributed by atoms with Crippen LogP contribution < -0.4 is 16.2 Å². The van der Waals surface area contributed by atoms with E-state index in [4.69, 9.17) is 11.6 Å². The summed E-state index contributed by atoms with van der Waals surface area (Å²) in [7, 11) is 0. The highest BCUT2D eigenvalue weighted by atomic mass is 35.5. The average Bonchev–Trinajstić information content (AvgIpc) is 3.32. The third-order valence-corrected chi connectivity index (χ3v) is 5.68. The van der Waals surface area contributed by atoms with Crippen molar-refractivity contribution in [3.8, 4) is 0 Å². The van der Waals surface area contributed by atoms with Crippen LogP contribution in [-0.2, 0) is 11.2 Å². The maximum atomic E-state index is 12.8. The number of carbonyl (C=O) groups excluding carboxylic acids is 1. The number of thiazole rings is 1. The predicted molar refractivity (Wildman–Crippen MR) is 109 cm³/mol. The van der Waals surface area contributed by atoms with E-state index in [2.05, 4.69) is 21.2 Å². The molecule has 2 heterocycles. The molecule has 138 valence electrons. The van der Waals surface area contributed by atoms with Gasteiger partial charge in [0, 0.05) is 29.1 Å². The summed E-state index contributed by atoms with van der Waals surface area (Å²) in [6, 6.07) is 17.7. The number of anilines is 1. The van der Waals surface area contributed by atoms with Crippen LogP contribution in [-0.4, -0.2) is 17.4 Å². The van der Waals surface area contributed by atoms with E-state index in [9.17, 15) is 4.79 Å². The van der Waals surface area contributed by atoms with Gasteiger partial charge in [-0.1, -0.05) is 54.1 Å². The summed E-state index contributed by atoms with van der Waals surface area (Å²) in [5.41, 5.74) is 8.49. The van der Waals surface area contributed by atoms with E-state index in [0.29, 0.717) is 11.7 Å². The van der Waals surface area contributed by atoms with E-state index in [-0.39, 0.29) is 17.9 Å². The molecule has 1 fully saturated rings. The molecule has 4 rings (SSSR count). The van der Waals surface area contributed by atoms with Crippen LogP contribution in [0.4, 0.5) is 5.13 Å². The number of halogens is 1. The Morgan fingerprint density at radius 2 is 2.07 bits per heavy atom. The number of nitrogens with zero attached hydrogens (tertiary/aromatic N) is 1. The number of amides is 1. The first-order chi connectivity index (χ1) is 13.2. The molecule has 5 nitrogen and oxygen atoms in total. The smallest absolute Gasteiger partial charge is 0.232 e. The average molecular weight is 399 g/mol. The summed E-state index contributed by atoms with van der Waals surface area (Å²) < 4.78 is 0. The van der Waals surface area contributed by atoms with E-state index in [1.165, 1.54) is 11.3 Å². The zero-order valence-corrected chi connectivity index (χ0v) is 16.1. The van der Waals surface area contributed by atoms with Gasteiger partial charge in [0.05, 0.1) is 12.0 Å². The molecule has 1 amide bonds. The number of rotatable bonds is 5. The van der Waals surface area contributed by atoms with Crippen molar-refractivity contribution in [3.63, 3.8) is 0 Å². The van der Waals surface area contributed by atoms with E-state index in [1.807, 2.05) is 54.6 Å². The highest BCUT2D eigenvalue weighted by molar-refractivity contribution is 7.15. The van der Waals surface area contributed by atoms with Gasteiger partial charge in [-0.15, -0.1) is 11.3 Å². The first kappa shape index (κ1) is 18.1. The number of hydrogen-bond acceptors (Lipinski definition) is 5. The number of benzene rings is 2. The summed E-state index contributed by atoms with van der Waals surface area (Å²) in [6.45, 7) is 0.576. The van der Waals surface area contributed by atoms with Gasteiger partial charge in [-0.05, 0) is 23.3 Å². The Bertz CT molecular complexity index is 930. The molecule has 7 heteroatoms. The lowest BCUT2D eigenvalue weighted by Crippen LogP contribution is -2.29. The highest BCUT2D eigenvalue weighted by Crippen LogP contribution is 2.27. The Hall–Kier alpha value is -2.25. The molecule has 1 saturated heterocycles. The Morgan fingerprint density at radius 1 is 1.22 bits per heavy atom. The van der Waals surface area contributed by atoms with Crippen molar-refractivity contribution >= 4 is 34.0 Å². The highest BCUT2D eigenvalue weighted by Gasteiger charge is 2.34. The SMILES string of the molecule is O=C(Nc1ncc(Cc2cccc(Cl)c2)s1)C1CNNC1c1ccccc1. The molecular weight excluding hydrogens is 380 g/mol. The van der Waals surface area contributed by atoms with E-state index in [1.54, 1.807) is 6.20 Å². The minimum Gasteiger partial charge on any atom is -0.302 e. The molecule has 1 aliphatic rings. The molecule has 2 aromatic carbocycles. The second-order valence-electron chi connectivity index (χ2n) is 6.45. The summed E-state index contributed by atoms with van der Waals surface area (Å²) in [5.74, 6) is -0.238. The minimum atomic E-state index is -0.201. The van der Waals surface area contributed by atoms with Gasteiger partial charge in [-0.25, -0.2) is 10.4 Å². The van der Waals surface area contributed by atoms with Gasteiger partial charge in [0.25, 0.3) is 0 Å². The van der Waals surface area contributed by atoms with Crippen LogP contribution in [0.1, 0.15) is 22.0 Å². The van der Waals surface area contributed by atoms with Crippen LogP contribution >= 0.6 is 22.9 Å². The standard InChI is InChI=1S/C20H19ClN4OS/c21-15-8-4-5-13(9-15)10-16-11-22-20(27-16)24-19(26)17-12-23-25-18(17)14-6-2-1-3-7-14/h1-9,11,17-18,23,25H,10,12H2,(H,22,24,26). The molecule has 3 N–H and O–H groups in total. The van der Waals surface area contributed by atoms with Gasteiger partial charge >= 0.3 is 0 Å². The lowest BCUT2D eigenvalue weighted by atomic mass is 9.94. The largest absolute Gasteiger partial charge is 0.302 e. The van der Waals surface area contributed by atoms with Gasteiger partial charge in [-0.2, -0.15) is 0 Å². The molecule has 3 aromatic rings. The number of carbonyl (C=O) groups is 1. The van der Waals surface area contributed by atoms with E-state index < -0.39 is 0 Å². The molecule has 1 aromatic heterocycles. The van der Waals surface area contributed by atoms with Crippen LogP contribution in [0.15, 0.2) is 60.8 Å². The quantitative estimate of drug-likeness (QED) is 0.611. The number of hydrogen-bond donors (Lipinski definition) is 3. The molecule has 2 unspecified atom stereocenters. The van der Waals surface area contributed by atoms with Gasteiger partial charge in [0.15, 0.2) is 5.13 Å². The van der Waals surface area contributed by atoms with Crippen molar-refractivity contribution in [2.24, 2.45) is 5.92 Å². The molecule has 0 radical (unpaired) electrons. The fraction of sp³-hybridized carbons (Fsp3) is 0.200. The van der Waals surface area contributed by atoms with Crippen molar-refractivity contribution in [1.82, 2.24) is 15.8 Å². The molecule has 0 bridgehead atoms. The number of hydrazine groups is 1. The first-order valence-corrected chi connectivity index (χ1v) is 9.92. The summed E-state index contributed by atoms with van der Waals surface area (Å²) in [4.78, 5) is 18.2. The Morgan fingerprint density at radius 3 is 2.89 bits per heavy atom. The summed E-state index contributed by atoms with van der Waals surface area (Å²) in [6.07, 6.45) is 2.55. The zero-order valence-electron chi connectivity index (χ0n) is 14.5. The van der Waals surface area contributed by atoms with Gasteiger partial charge < -0.3 is 5.32 Å². The van der Waals surface area contributed by atoms with Gasteiger partial charge in [0.2, 0.25) is 5.91 Å². The van der Waals surface area contributed by atoms with Crippen molar-refractivity contribution in [2.75, 3.05) is 11.9 Å².